The van der Waals surface area contributed by atoms with E-state index in [0.29, 0.717) is 28.2 Å². The number of anilines is 1. The number of nitrogens with zero attached hydrogens (tertiary/aromatic N) is 1. The standard InChI is InChI=1S/C22H19FN4O6/c1-31-18-8-12-15(9-19(18)32-2)24-6-5-16(12)33-17-4-3-11(7-14(17)23)26-20(28)13-10-25-22(30)27-21(13)29/h3-9,13H,10H2,1-2H3,(H,26,28)(H2,25,27,29,30). The molecule has 1 unspecified atom stereocenters. The SMILES string of the molecule is COc1cc2nccc(Oc3ccc(NC(=O)C4CNC(=O)NC4=O)cc3F)c2cc1OC. The molecule has 170 valence electrons. The molecule has 3 N–H and O–H groups in total. The average Bonchev–Trinajstić information content (AvgIpc) is 2.80. The Bertz CT molecular complexity index is 1270. The van der Waals surface area contributed by atoms with Crippen molar-refractivity contribution in [3.05, 3.63) is 48.4 Å². The molecule has 0 bridgehead atoms. The zero-order valence-electron chi connectivity index (χ0n) is 17.6. The van der Waals surface area contributed by atoms with Crippen molar-refractivity contribution in [1.82, 2.24) is 15.6 Å². The molecule has 4 rings (SSSR count). The van der Waals surface area contributed by atoms with Crippen molar-refractivity contribution in [3.63, 3.8) is 0 Å². The van der Waals surface area contributed by atoms with Crippen LogP contribution in [0.4, 0.5) is 14.9 Å². The van der Waals surface area contributed by atoms with E-state index in [-0.39, 0.29) is 18.0 Å². The lowest BCUT2D eigenvalue weighted by atomic mass is 10.1. The Kier molecular flexibility index (Phi) is 5.94. The zero-order valence-corrected chi connectivity index (χ0v) is 17.6. The summed E-state index contributed by atoms with van der Waals surface area (Å²) in [6.45, 7) is -0.149. The number of aromatic nitrogens is 1. The maximum absolute atomic E-state index is 14.7. The van der Waals surface area contributed by atoms with E-state index in [2.05, 4.69) is 15.6 Å². The molecule has 2 aromatic carbocycles. The third-order valence-corrected chi connectivity index (χ3v) is 4.96. The minimum Gasteiger partial charge on any atom is -0.493 e. The summed E-state index contributed by atoms with van der Waals surface area (Å²) in [7, 11) is 3.01. The summed E-state index contributed by atoms with van der Waals surface area (Å²) < 4.78 is 31.1. The summed E-state index contributed by atoms with van der Waals surface area (Å²) >= 11 is 0. The van der Waals surface area contributed by atoms with Gasteiger partial charge in [-0.15, -0.1) is 0 Å². The molecule has 4 amide bonds. The number of rotatable bonds is 6. The van der Waals surface area contributed by atoms with Gasteiger partial charge in [0.2, 0.25) is 11.8 Å². The number of hydrogen-bond donors (Lipinski definition) is 3. The van der Waals surface area contributed by atoms with Gasteiger partial charge in [0.1, 0.15) is 11.7 Å². The second-order valence-corrected chi connectivity index (χ2v) is 7.02. The number of amides is 4. The van der Waals surface area contributed by atoms with Crippen LogP contribution in [0.5, 0.6) is 23.0 Å². The highest BCUT2D eigenvalue weighted by atomic mass is 19.1. The van der Waals surface area contributed by atoms with Gasteiger partial charge in [0.15, 0.2) is 23.1 Å². The van der Waals surface area contributed by atoms with Crippen LogP contribution < -0.4 is 30.2 Å². The number of carbonyl (C=O) groups is 3. The molecule has 0 spiro atoms. The Hall–Kier alpha value is -4.41. The summed E-state index contributed by atoms with van der Waals surface area (Å²) in [5.41, 5.74) is 0.688. The highest BCUT2D eigenvalue weighted by Crippen LogP contribution is 2.37. The maximum Gasteiger partial charge on any atom is 0.321 e. The molecule has 1 aromatic heterocycles. The predicted octanol–water partition coefficient (Wildman–Crippen LogP) is 2.58. The third kappa shape index (κ3) is 4.47. The fraction of sp³-hybridized carbons (Fsp3) is 0.182. The minimum atomic E-state index is -1.13. The highest BCUT2D eigenvalue weighted by molar-refractivity contribution is 6.12. The fourth-order valence-corrected chi connectivity index (χ4v) is 3.29. The van der Waals surface area contributed by atoms with Crippen molar-refractivity contribution in [3.8, 4) is 23.0 Å². The molecule has 33 heavy (non-hydrogen) atoms. The quantitative estimate of drug-likeness (QED) is 0.489. The highest BCUT2D eigenvalue weighted by Gasteiger charge is 2.32. The average molecular weight is 454 g/mol. The molecular weight excluding hydrogens is 435 g/mol. The molecule has 0 aliphatic carbocycles. The Morgan fingerprint density at radius 3 is 2.52 bits per heavy atom. The third-order valence-electron chi connectivity index (χ3n) is 4.96. The number of ether oxygens (including phenoxy) is 3. The van der Waals surface area contributed by atoms with Crippen LogP contribution in [-0.2, 0) is 9.59 Å². The number of imide groups is 1. The molecule has 10 nitrogen and oxygen atoms in total. The van der Waals surface area contributed by atoms with Crippen molar-refractivity contribution in [1.29, 1.82) is 0 Å². The first-order valence-corrected chi connectivity index (χ1v) is 9.77. The Morgan fingerprint density at radius 2 is 1.82 bits per heavy atom. The number of pyridine rings is 1. The Labute approximate surface area is 187 Å². The van der Waals surface area contributed by atoms with Gasteiger partial charge in [-0.25, -0.2) is 9.18 Å². The van der Waals surface area contributed by atoms with Crippen LogP contribution in [0.1, 0.15) is 0 Å². The maximum atomic E-state index is 14.7. The topological polar surface area (TPSA) is 128 Å². The van der Waals surface area contributed by atoms with Gasteiger partial charge >= 0.3 is 6.03 Å². The molecule has 1 atom stereocenters. The van der Waals surface area contributed by atoms with Crippen LogP contribution in [0.25, 0.3) is 10.9 Å². The number of fused-ring (bicyclic) bond motifs is 1. The number of carbonyl (C=O) groups excluding carboxylic acids is 3. The van der Waals surface area contributed by atoms with Crippen LogP contribution in [0.3, 0.4) is 0 Å². The van der Waals surface area contributed by atoms with Crippen molar-refractivity contribution >= 4 is 34.4 Å². The fourth-order valence-electron chi connectivity index (χ4n) is 3.29. The lowest BCUT2D eigenvalue weighted by Gasteiger charge is -2.21. The van der Waals surface area contributed by atoms with E-state index in [1.165, 1.54) is 32.5 Å². The normalized spacial score (nSPS) is 15.4. The van der Waals surface area contributed by atoms with Crippen molar-refractivity contribution in [2.24, 2.45) is 5.92 Å². The van der Waals surface area contributed by atoms with Crippen LogP contribution in [0.2, 0.25) is 0 Å². The molecule has 1 saturated heterocycles. The molecule has 1 fully saturated rings. The van der Waals surface area contributed by atoms with E-state index in [1.54, 1.807) is 18.2 Å². The second-order valence-electron chi connectivity index (χ2n) is 7.02. The summed E-state index contributed by atoms with van der Waals surface area (Å²) in [5, 5.41) is 7.41. The van der Waals surface area contributed by atoms with Crippen molar-refractivity contribution < 1.29 is 33.0 Å². The molecule has 3 aromatic rings. The Balaban J connectivity index is 1.54. The first-order chi connectivity index (χ1) is 15.9. The molecule has 0 saturated carbocycles. The van der Waals surface area contributed by atoms with E-state index in [0.717, 1.165) is 6.07 Å². The minimum absolute atomic E-state index is 0.0852. The monoisotopic (exact) mass is 454 g/mol. The zero-order chi connectivity index (χ0) is 23.5. The van der Waals surface area contributed by atoms with Crippen LogP contribution >= 0.6 is 0 Å². The molecule has 0 radical (unpaired) electrons. The lowest BCUT2D eigenvalue weighted by molar-refractivity contribution is -0.132. The van der Waals surface area contributed by atoms with E-state index >= 15 is 0 Å². The van der Waals surface area contributed by atoms with Crippen molar-refractivity contribution in [2.45, 2.75) is 0 Å². The summed E-state index contributed by atoms with van der Waals surface area (Å²) in [6, 6.07) is 8.12. The summed E-state index contributed by atoms with van der Waals surface area (Å²) in [6.07, 6.45) is 1.52. The van der Waals surface area contributed by atoms with Crippen LogP contribution in [0, 0.1) is 11.7 Å². The van der Waals surface area contributed by atoms with Gasteiger partial charge in [-0.1, -0.05) is 0 Å². The van der Waals surface area contributed by atoms with E-state index < -0.39 is 29.6 Å². The largest absolute Gasteiger partial charge is 0.493 e. The van der Waals surface area contributed by atoms with Gasteiger partial charge < -0.3 is 24.8 Å². The molecular formula is C22H19FN4O6. The van der Waals surface area contributed by atoms with Crippen LogP contribution in [-0.4, -0.2) is 43.6 Å². The number of urea groups is 1. The van der Waals surface area contributed by atoms with Gasteiger partial charge in [-0.3, -0.25) is 19.9 Å². The van der Waals surface area contributed by atoms with E-state index in [9.17, 15) is 18.8 Å². The van der Waals surface area contributed by atoms with Gasteiger partial charge in [0.25, 0.3) is 0 Å². The number of halogens is 1. The van der Waals surface area contributed by atoms with Gasteiger partial charge in [0.05, 0.1) is 19.7 Å². The number of nitrogens with one attached hydrogen (secondary N) is 3. The van der Waals surface area contributed by atoms with Crippen molar-refractivity contribution in [2.75, 3.05) is 26.1 Å². The first kappa shape index (κ1) is 21.8. The molecule has 2 heterocycles. The van der Waals surface area contributed by atoms with E-state index in [4.69, 9.17) is 14.2 Å². The molecule has 1 aliphatic rings. The summed E-state index contributed by atoms with van der Waals surface area (Å²) in [4.78, 5) is 39.5. The second kappa shape index (κ2) is 8.99. The Morgan fingerprint density at radius 1 is 1.06 bits per heavy atom. The van der Waals surface area contributed by atoms with Gasteiger partial charge in [-0.2, -0.15) is 0 Å². The summed E-state index contributed by atoms with van der Waals surface area (Å²) in [5.74, 6) is -2.06. The van der Waals surface area contributed by atoms with Crippen LogP contribution in [0.15, 0.2) is 42.6 Å². The molecule has 11 heteroatoms. The molecule has 1 aliphatic heterocycles. The van der Waals surface area contributed by atoms with Gasteiger partial charge in [0, 0.05) is 35.9 Å². The predicted molar refractivity (Wildman–Crippen MR) is 115 cm³/mol. The van der Waals surface area contributed by atoms with E-state index in [1.807, 2.05) is 5.32 Å². The van der Waals surface area contributed by atoms with Gasteiger partial charge in [-0.05, 0) is 24.3 Å². The number of methoxy groups -OCH3 is 2. The first-order valence-electron chi connectivity index (χ1n) is 9.77. The number of hydrogen-bond acceptors (Lipinski definition) is 7. The smallest absolute Gasteiger partial charge is 0.321 e. The number of benzene rings is 2. The lowest BCUT2D eigenvalue weighted by Crippen LogP contribution is -2.55.